The number of halogens is 1. The summed E-state index contributed by atoms with van der Waals surface area (Å²) in [5.74, 6) is -0.655. The summed E-state index contributed by atoms with van der Waals surface area (Å²) >= 11 is 0. The molecule has 0 aromatic heterocycles. The highest BCUT2D eigenvalue weighted by Crippen LogP contribution is 2.22. The molecule has 1 aromatic carbocycles. The Labute approximate surface area is 108 Å². The van der Waals surface area contributed by atoms with Crippen LogP contribution in [-0.4, -0.2) is 26.3 Å². The molecular weight excluding hydrogens is 255 g/mol. The minimum Gasteiger partial charge on any atom is -0.399 e. The average Bonchev–Trinajstić information content (AvgIpc) is 2.13. The summed E-state index contributed by atoms with van der Waals surface area (Å²) < 4.78 is 38.8. The molecule has 0 atom stereocenters. The van der Waals surface area contributed by atoms with Crippen molar-refractivity contribution in [3.8, 4) is 0 Å². The van der Waals surface area contributed by atoms with E-state index in [1.165, 1.54) is 17.4 Å². The molecule has 0 unspecified atom stereocenters. The summed E-state index contributed by atoms with van der Waals surface area (Å²) in [7, 11) is -2.23. The SMILES string of the molecule is CN(CC(C)(C)C)S(=O)(=O)c1cc(N)cc(F)c1. The van der Waals surface area contributed by atoms with Gasteiger partial charge in [-0.05, 0) is 23.6 Å². The van der Waals surface area contributed by atoms with Gasteiger partial charge in [0.1, 0.15) is 5.82 Å². The van der Waals surface area contributed by atoms with Gasteiger partial charge in [0, 0.05) is 19.3 Å². The zero-order valence-electron chi connectivity index (χ0n) is 11.1. The molecule has 0 spiro atoms. The minimum atomic E-state index is -3.70. The molecule has 18 heavy (non-hydrogen) atoms. The van der Waals surface area contributed by atoms with Gasteiger partial charge < -0.3 is 5.73 Å². The maximum absolute atomic E-state index is 13.2. The van der Waals surface area contributed by atoms with E-state index in [4.69, 9.17) is 5.73 Å². The summed E-state index contributed by atoms with van der Waals surface area (Å²) in [4.78, 5) is -0.119. The highest BCUT2D eigenvalue weighted by molar-refractivity contribution is 7.89. The smallest absolute Gasteiger partial charge is 0.243 e. The molecule has 0 aliphatic heterocycles. The van der Waals surface area contributed by atoms with Gasteiger partial charge in [0.15, 0.2) is 0 Å². The van der Waals surface area contributed by atoms with E-state index >= 15 is 0 Å². The lowest BCUT2D eigenvalue weighted by atomic mass is 9.97. The number of nitrogens with zero attached hydrogens (tertiary/aromatic N) is 1. The largest absolute Gasteiger partial charge is 0.399 e. The molecule has 2 N–H and O–H groups in total. The van der Waals surface area contributed by atoms with Crippen molar-refractivity contribution in [2.24, 2.45) is 5.41 Å². The van der Waals surface area contributed by atoms with E-state index in [1.807, 2.05) is 20.8 Å². The van der Waals surface area contributed by atoms with Gasteiger partial charge in [-0.1, -0.05) is 20.8 Å². The number of nitrogen functional groups attached to an aromatic ring is 1. The second-order valence-corrected chi connectivity index (χ2v) is 7.59. The maximum atomic E-state index is 13.2. The number of hydrogen-bond donors (Lipinski definition) is 1. The van der Waals surface area contributed by atoms with Crippen LogP contribution in [0.2, 0.25) is 0 Å². The number of hydrogen-bond acceptors (Lipinski definition) is 3. The highest BCUT2D eigenvalue weighted by Gasteiger charge is 2.25. The van der Waals surface area contributed by atoms with Gasteiger partial charge in [0.2, 0.25) is 10.0 Å². The van der Waals surface area contributed by atoms with Crippen molar-refractivity contribution in [1.82, 2.24) is 4.31 Å². The zero-order chi connectivity index (χ0) is 14.1. The maximum Gasteiger partial charge on any atom is 0.243 e. The molecule has 1 aromatic rings. The first-order valence-electron chi connectivity index (χ1n) is 5.55. The number of nitrogens with two attached hydrogens (primary N) is 1. The third-order valence-electron chi connectivity index (χ3n) is 2.30. The van der Waals surface area contributed by atoms with E-state index in [0.717, 1.165) is 12.1 Å². The van der Waals surface area contributed by atoms with Gasteiger partial charge in [-0.25, -0.2) is 17.1 Å². The normalized spacial score (nSPS) is 13.0. The van der Waals surface area contributed by atoms with Gasteiger partial charge >= 0.3 is 0 Å². The zero-order valence-corrected chi connectivity index (χ0v) is 11.9. The lowest BCUT2D eigenvalue weighted by Crippen LogP contribution is -2.34. The number of benzene rings is 1. The molecule has 0 aliphatic carbocycles. The Bertz CT molecular complexity index is 515. The molecule has 0 saturated carbocycles. The van der Waals surface area contributed by atoms with Gasteiger partial charge in [0.05, 0.1) is 4.90 Å². The van der Waals surface area contributed by atoms with Crippen LogP contribution < -0.4 is 5.73 Å². The second kappa shape index (κ2) is 4.85. The minimum absolute atomic E-state index is 0.0951. The van der Waals surface area contributed by atoms with Crippen LogP contribution in [0.15, 0.2) is 23.1 Å². The Morgan fingerprint density at radius 1 is 1.28 bits per heavy atom. The lowest BCUT2D eigenvalue weighted by Gasteiger charge is -2.26. The fourth-order valence-corrected chi connectivity index (χ4v) is 3.13. The Balaban J connectivity index is 3.13. The second-order valence-electron chi connectivity index (χ2n) is 5.54. The fraction of sp³-hybridized carbons (Fsp3) is 0.500. The van der Waals surface area contributed by atoms with Gasteiger partial charge in [-0.2, -0.15) is 0 Å². The monoisotopic (exact) mass is 274 g/mol. The van der Waals surface area contributed by atoms with Crippen LogP contribution in [0.5, 0.6) is 0 Å². The van der Waals surface area contributed by atoms with Crippen molar-refractivity contribution in [3.05, 3.63) is 24.0 Å². The molecule has 4 nitrogen and oxygen atoms in total. The van der Waals surface area contributed by atoms with Crippen LogP contribution in [0.3, 0.4) is 0 Å². The standard InChI is InChI=1S/C12H19FN2O2S/c1-12(2,3)8-15(4)18(16,17)11-6-9(13)5-10(14)7-11/h5-7H,8,14H2,1-4H3. The Hall–Kier alpha value is -1.14. The van der Waals surface area contributed by atoms with Crippen LogP contribution in [0.1, 0.15) is 20.8 Å². The first-order chi connectivity index (χ1) is 8.02. The highest BCUT2D eigenvalue weighted by atomic mass is 32.2. The number of sulfonamides is 1. The van der Waals surface area contributed by atoms with E-state index in [2.05, 4.69) is 0 Å². The molecule has 0 saturated heterocycles. The van der Waals surface area contributed by atoms with Crippen molar-refractivity contribution in [2.75, 3.05) is 19.3 Å². The first-order valence-corrected chi connectivity index (χ1v) is 6.99. The van der Waals surface area contributed by atoms with Crippen molar-refractivity contribution >= 4 is 15.7 Å². The number of rotatable bonds is 3. The van der Waals surface area contributed by atoms with Gasteiger partial charge in [0.25, 0.3) is 0 Å². The van der Waals surface area contributed by atoms with Crippen molar-refractivity contribution in [3.63, 3.8) is 0 Å². The molecule has 0 bridgehead atoms. The molecule has 0 fully saturated rings. The van der Waals surface area contributed by atoms with Crippen LogP contribution in [0.25, 0.3) is 0 Å². The molecule has 0 radical (unpaired) electrons. The van der Waals surface area contributed by atoms with Gasteiger partial charge in [-0.15, -0.1) is 0 Å². The topological polar surface area (TPSA) is 63.4 Å². The predicted octanol–water partition coefficient (Wildman–Crippen LogP) is 2.07. The van der Waals surface area contributed by atoms with Crippen LogP contribution in [0.4, 0.5) is 10.1 Å². The summed E-state index contributed by atoms with van der Waals surface area (Å²) in [6, 6.07) is 3.32. The van der Waals surface area contributed by atoms with E-state index in [-0.39, 0.29) is 16.0 Å². The summed E-state index contributed by atoms with van der Waals surface area (Å²) in [6.07, 6.45) is 0. The van der Waals surface area contributed by atoms with Crippen LogP contribution in [-0.2, 0) is 10.0 Å². The van der Waals surface area contributed by atoms with E-state index < -0.39 is 15.8 Å². The Morgan fingerprint density at radius 2 is 1.83 bits per heavy atom. The first kappa shape index (κ1) is 14.9. The van der Waals surface area contributed by atoms with E-state index in [9.17, 15) is 12.8 Å². The Morgan fingerprint density at radius 3 is 2.28 bits per heavy atom. The molecule has 102 valence electrons. The van der Waals surface area contributed by atoms with Crippen molar-refractivity contribution < 1.29 is 12.8 Å². The average molecular weight is 274 g/mol. The quantitative estimate of drug-likeness (QED) is 0.858. The molecule has 0 heterocycles. The Kier molecular flexibility index (Phi) is 4.02. The third kappa shape index (κ3) is 3.68. The summed E-state index contributed by atoms with van der Waals surface area (Å²) in [5.41, 5.74) is 5.38. The van der Waals surface area contributed by atoms with Gasteiger partial charge in [-0.3, -0.25) is 0 Å². The van der Waals surface area contributed by atoms with E-state index in [0.29, 0.717) is 6.54 Å². The molecule has 6 heteroatoms. The number of anilines is 1. The van der Waals surface area contributed by atoms with Crippen LogP contribution in [0, 0.1) is 11.2 Å². The van der Waals surface area contributed by atoms with Crippen LogP contribution >= 0.6 is 0 Å². The summed E-state index contributed by atoms with van der Waals surface area (Å²) in [5, 5.41) is 0. The molecular formula is C12H19FN2O2S. The molecule has 0 amide bonds. The van der Waals surface area contributed by atoms with Crippen molar-refractivity contribution in [1.29, 1.82) is 0 Å². The van der Waals surface area contributed by atoms with E-state index in [1.54, 1.807) is 0 Å². The third-order valence-corrected chi connectivity index (χ3v) is 4.08. The van der Waals surface area contributed by atoms with Crippen molar-refractivity contribution in [2.45, 2.75) is 25.7 Å². The fourth-order valence-electron chi connectivity index (χ4n) is 1.67. The predicted molar refractivity (Wildman–Crippen MR) is 70.1 cm³/mol. The molecule has 0 aliphatic rings. The summed E-state index contributed by atoms with van der Waals surface area (Å²) in [6.45, 7) is 6.13. The lowest BCUT2D eigenvalue weighted by molar-refractivity contribution is 0.310. The molecule has 1 rings (SSSR count).